The van der Waals surface area contributed by atoms with Crippen LogP contribution in [0.1, 0.15) is 49.7 Å². The van der Waals surface area contributed by atoms with Gasteiger partial charge in [0.2, 0.25) is 21.8 Å². The highest BCUT2D eigenvalue weighted by molar-refractivity contribution is 7.89. The molecule has 0 bridgehead atoms. The van der Waals surface area contributed by atoms with Crippen molar-refractivity contribution in [1.29, 1.82) is 0 Å². The number of piperazine rings is 1. The lowest BCUT2D eigenvalue weighted by Crippen LogP contribution is -2.54. The minimum atomic E-state index is -3.55. The molecule has 1 unspecified atom stereocenters. The first-order valence-corrected chi connectivity index (χ1v) is 13.6. The monoisotopic (exact) mass is 459 g/mol. The van der Waals surface area contributed by atoms with Crippen LogP contribution in [-0.2, 0) is 32.5 Å². The van der Waals surface area contributed by atoms with Gasteiger partial charge in [-0.2, -0.15) is 4.31 Å². The molecule has 8 heteroatoms. The summed E-state index contributed by atoms with van der Waals surface area (Å²) in [6.07, 6.45) is 7.89. The summed E-state index contributed by atoms with van der Waals surface area (Å²) in [4.78, 5) is 29.6. The largest absolute Gasteiger partial charge is 0.342 e. The van der Waals surface area contributed by atoms with Crippen LogP contribution in [0.5, 0.6) is 0 Å². The first-order chi connectivity index (χ1) is 15.4. The van der Waals surface area contributed by atoms with Crippen molar-refractivity contribution in [2.45, 2.75) is 56.3 Å². The number of carbonyl (C=O) groups excluding carboxylic acids is 2. The van der Waals surface area contributed by atoms with Gasteiger partial charge in [0.15, 0.2) is 0 Å². The number of likely N-dealkylation sites (tertiary alicyclic amines) is 1. The van der Waals surface area contributed by atoms with E-state index in [0.29, 0.717) is 37.6 Å². The second-order valence-electron chi connectivity index (χ2n) is 9.76. The minimum absolute atomic E-state index is 0.0733. The Kier molecular flexibility index (Phi) is 6.01. The molecule has 1 atom stereocenters. The molecular formula is C24H33N3O4S. The zero-order chi connectivity index (χ0) is 22.3. The van der Waals surface area contributed by atoms with Crippen LogP contribution in [0.4, 0.5) is 0 Å². The third-order valence-corrected chi connectivity index (χ3v) is 9.41. The lowest BCUT2D eigenvalue weighted by molar-refractivity contribution is -0.142. The normalized spacial score (nSPS) is 24.8. The summed E-state index contributed by atoms with van der Waals surface area (Å²) < 4.78 is 28.0. The second-order valence-corrected chi connectivity index (χ2v) is 11.7. The van der Waals surface area contributed by atoms with Crippen LogP contribution in [0.2, 0.25) is 0 Å². The van der Waals surface area contributed by atoms with Gasteiger partial charge in [0.05, 0.1) is 10.8 Å². The molecule has 1 aromatic rings. The standard InChI is InChI=1S/C24H33N3O4S/c28-23(19-7-8-19)26-11-3-6-21(17-26)24(29)25-12-14-27(15-13-25)32(30,31)22-10-9-18-4-1-2-5-20(18)16-22/h9-10,16,19,21H,1-8,11-15,17H2. The van der Waals surface area contributed by atoms with Gasteiger partial charge in [0.1, 0.15) is 0 Å². The van der Waals surface area contributed by atoms with Crippen molar-refractivity contribution in [1.82, 2.24) is 14.1 Å². The number of benzene rings is 1. The topological polar surface area (TPSA) is 78.0 Å². The zero-order valence-electron chi connectivity index (χ0n) is 18.7. The van der Waals surface area contributed by atoms with Crippen molar-refractivity contribution >= 4 is 21.8 Å². The van der Waals surface area contributed by atoms with Gasteiger partial charge in [-0.3, -0.25) is 9.59 Å². The maximum absolute atomic E-state index is 13.2. The fraction of sp³-hybridized carbons (Fsp3) is 0.667. The van der Waals surface area contributed by atoms with Gasteiger partial charge in [0.25, 0.3) is 0 Å². The van der Waals surface area contributed by atoms with Crippen LogP contribution in [0.15, 0.2) is 23.1 Å². The molecule has 3 fully saturated rings. The van der Waals surface area contributed by atoms with E-state index < -0.39 is 10.0 Å². The summed E-state index contributed by atoms with van der Waals surface area (Å²) in [5, 5.41) is 0. The molecule has 0 radical (unpaired) electrons. The number of piperidine rings is 1. The Morgan fingerprint density at radius 3 is 2.16 bits per heavy atom. The number of aryl methyl sites for hydroxylation is 2. The Bertz CT molecular complexity index is 996. The quantitative estimate of drug-likeness (QED) is 0.690. The van der Waals surface area contributed by atoms with Crippen molar-refractivity contribution in [2.75, 3.05) is 39.3 Å². The van der Waals surface area contributed by atoms with Gasteiger partial charge in [0, 0.05) is 45.2 Å². The van der Waals surface area contributed by atoms with E-state index in [1.165, 1.54) is 16.3 Å². The van der Waals surface area contributed by atoms with E-state index in [1.807, 2.05) is 17.0 Å². The van der Waals surface area contributed by atoms with Crippen LogP contribution in [0, 0.1) is 11.8 Å². The van der Waals surface area contributed by atoms with E-state index in [-0.39, 0.29) is 23.7 Å². The van der Waals surface area contributed by atoms with E-state index in [1.54, 1.807) is 11.0 Å². The van der Waals surface area contributed by atoms with Gasteiger partial charge in [-0.25, -0.2) is 8.42 Å². The molecule has 2 amide bonds. The fourth-order valence-electron chi connectivity index (χ4n) is 5.39. The molecule has 1 aromatic carbocycles. The molecule has 0 aromatic heterocycles. The number of nitrogens with zero attached hydrogens (tertiary/aromatic N) is 3. The van der Waals surface area contributed by atoms with E-state index in [4.69, 9.17) is 0 Å². The summed E-state index contributed by atoms with van der Waals surface area (Å²) in [5.41, 5.74) is 2.43. The van der Waals surface area contributed by atoms with Gasteiger partial charge in [-0.1, -0.05) is 6.07 Å². The predicted molar refractivity (Wildman–Crippen MR) is 120 cm³/mol. The third-order valence-electron chi connectivity index (χ3n) is 7.52. The first-order valence-electron chi connectivity index (χ1n) is 12.1. The van der Waals surface area contributed by atoms with E-state index in [0.717, 1.165) is 57.1 Å². The first kappa shape index (κ1) is 21.9. The summed E-state index contributed by atoms with van der Waals surface area (Å²) >= 11 is 0. The number of carbonyl (C=O) groups is 2. The van der Waals surface area contributed by atoms with Crippen LogP contribution in [-0.4, -0.2) is 73.6 Å². The fourth-order valence-corrected chi connectivity index (χ4v) is 6.87. The zero-order valence-corrected chi connectivity index (χ0v) is 19.5. The van der Waals surface area contributed by atoms with Crippen LogP contribution < -0.4 is 0 Å². The van der Waals surface area contributed by atoms with Crippen molar-refractivity contribution in [3.8, 4) is 0 Å². The number of hydrogen-bond acceptors (Lipinski definition) is 4. The van der Waals surface area contributed by atoms with Crippen LogP contribution in [0.3, 0.4) is 0 Å². The summed E-state index contributed by atoms with van der Waals surface area (Å²) in [6, 6.07) is 5.57. The Hall–Kier alpha value is -1.93. The predicted octanol–water partition coefficient (Wildman–Crippen LogP) is 2.05. The van der Waals surface area contributed by atoms with Gasteiger partial charge < -0.3 is 9.80 Å². The molecule has 0 spiro atoms. The Balaban J connectivity index is 1.20. The van der Waals surface area contributed by atoms with Gasteiger partial charge in [-0.15, -0.1) is 0 Å². The number of rotatable bonds is 4. The summed E-state index contributed by atoms with van der Waals surface area (Å²) in [5.74, 6) is 0.309. The van der Waals surface area contributed by atoms with Crippen LogP contribution in [0.25, 0.3) is 0 Å². The highest BCUT2D eigenvalue weighted by Crippen LogP contribution is 2.33. The van der Waals surface area contributed by atoms with Gasteiger partial charge >= 0.3 is 0 Å². The SMILES string of the molecule is O=C(C1CCCN(C(=O)C2CC2)C1)N1CCN(S(=O)(=O)c2ccc3c(c2)CCCC3)CC1. The molecule has 0 N–H and O–H groups in total. The average Bonchev–Trinajstić information content (AvgIpc) is 3.68. The van der Waals surface area contributed by atoms with Crippen molar-refractivity contribution in [2.24, 2.45) is 11.8 Å². The smallest absolute Gasteiger partial charge is 0.243 e. The minimum Gasteiger partial charge on any atom is -0.342 e. The maximum Gasteiger partial charge on any atom is 0.243 e. The van der Waals surface area contributed by atoms with Crippen molar-refractivity contribution < 1.29 is 18.0 Å². The Morgan fingerprint density at radius 1 is 0.750 bits per heavy atom. The number of amides is 2. The molecule has 2 aliphatic carbocycles. The molecule has 32 heavy (non-hydrogen) atoms. The van der Waals surface area contributed by atoms with Gasteiger partial charge in [-0.05, 0) is 74.6 Å². The van der Waals surface area contributed by atoms with E-state index >= 15 is 0 Å². The average molecular weight is 460 g/mol. The summed E-state index contributed by atoms with van der Waals surface area (Å²) in [7, 11) is -3.55. The molecular weight excluding hydrogens is 426 g/mol. The number of sulfonamides is 1. The molecule has 2 saturated heterocycles. The highest BCUT2D eigenvalue weighted by Gasteiger charge is 2.38. The second kappa shape index (κ2) is 8.78. The highest BCUT2D eigenvalue weighted by atomic mass is 32.2. The Morgan fingerprint density at radius 2 is 1.44 bits per heavy atom. The van der Waals surface area contributed by atoms with Crippen molar-refractivity contribution in [3.63, 3.8) is 0 Å². The van der Waals surface area contributed by atoms with E-state index in [2.05, 4.69) is 0 Å². The van der Waals surface area contributed by atoms with Crippen LogP contribution >= 0.6 is 0 Å². The molecule has 4 aliphatic rings. The molecule has 1 saturated carbocycles. The third kappa shape index (κ3) is 4.31. The number of hydrogen-bond donors (Lipinski definition) is 0. The maximum atomic E-state index is 13.2. The van der Waals surface area contributed by atoms with Crippen molar-refractivity contribution in [3.05, 3.63) is 29.3 Å². The Labute approximate surface area is 190 Å². The van der Waals surface area contributed by atoms with E-state index in [9.17, 15) is 18.0 Å². The molecule has 2 aliphatic heterocycles. The number of fused-ring (bicyclic) bond motifs is 1. The molecule has 7 nitrogen and oxygen atoms in total. The molecule has 5 rings (SSSR count). The summed E-state index contributed by atoms with van der Waals surface area (Å²) in [6.45, 7) is 2.74. The molecule has 174 valence electrons. The lowest BCUT2D eigenvalue weighted by Gasteiger charge is -2.38. The lowest BCUT2D eigenvalue weighted by atomic mass is 9.92. The molecule has 2 heterocycles.